The summed E-state index contributed by atoms with van der Waals surface area (Å²) in [4.78, 5) is 5.27. The number of hydrogen-bond donors (Lipinski definition) is 0. The summed E-state index contributed by atoms with van der Waals surface area (Å²) in [5.74, 6) is 0.898. The Bertz CT molecular complexity index is 756. The van der Waals surface area contributed by atoms with E-state index in [0.717, 1.165) is 31.4 Å². The number of morpholine rings is 1. The van der Waals surface area contributed by atoms with E-state index in [1.165, 1.54) is 42.6 Å². The standard InChI is InChI=1S/C25H34N2O2/c1-19-16-27(17-20(2)29-19)24-12-14-26(15-13-24)18-21-4-6-22(7-5-21)23-8-10-25(28-3)11-9-23/h4-11,19-20,24H,12-18H2,1-3H3. The molecule has 0 saturated carbocycles. The molecule has 2 aliphatic rings. The molecule has 0 aromatic heterocycles. The zero-order chi connectivity index (χ0) is 20.2. The van der Waals surface area contributed by atoms with Crippen LogP contribution in [0.4, 0.5) is 0 Å². The summed E-state index contributed by atoms with van der Waals surface area (Å²) in [5, 5.41) is 0. The Hall–Kier alpha value is -1.88. The van der Waals surface area contributed by atoms with Crippen molar-refractivity contribution in [3.63, 3.8) is 0 Å². The van der Waals surface area contributed by atoms with E-state index < -0.39 is 0 Å². The van der Waals surface area contributed by atoms with Gasteiger partial charge in [0.25, 0.3) is 0 Å². The molecule has 0 spiro atoms. The topological polar surface area (TPSA) is 24.9 Å². The van der Waals surface area contributed by atoms with Gasteiger partial charge in [-0.3, -0.25) is 9.80 Å². The molecule has 2 saturated heterocycles. The molecule has 0 N–H and O–H groups in total. The van der Waals surface area contributed by atoms with Gasteiger partial charge in [-0.05, 0) is 68.6 Å². The maximum atomic E-state index is 5.90. The van der Waals surface area contributed by atoms with Crippen LogP contribution in [0.2, 0.25) is 0 Å². The number of hydrogen-bond acceptors (Lipinski definition) is 4. The van der Waals surface area contributed by atoms with Crippen LogP contribution < -0.4 is 4.74 Å². The van der Waals surface area contributed by atoms with Gasteiger partial charge >= 0.3 is 0 Å². The number of likely N-dealkylation sites (tertiary alicyclic amines) is 1. The molecule has 156 valence electrons. The first-order chi connectivity index (χ1) is 14.1. The van der Waals surface area contributed by atoms with Crippen molar-refractivity contribution < 1.29 is 9.47 Å². The van der Waals surface area contributed by atoms with Gasteiger partial charge < -0.3 is 9.47 Å². The van der Waals surface area contributed by atoms with E-state index in [-0.39, 0.29) is 0 Å². The summed E-state index contributed by atoms with van der Waals surface area (Å²) in [7, 11) is 1.70. The third-order valence-electron chi connectivity index (χ3n) is 6.30. The van der Waals surface area contributed by atoms with Gasteiger partial charge in [0.15, 0.2) is 0 Å². The van der Waals surface area contributed by atoms with Crippen LogP contribution in [-0.2, 0) is 11.3 Å². The van der Waals surface area contributed by atoms with E-state index in [0.29, 0.717) is 12.2 Å². The molecule has 2 atom stereocenters. The van der Waals surface area contributed by atoms with E-state index in [9.17, 15) is 0 Å². The van der Waals surface area contributed by atoms with Crippen molar-refractivity contribution in [2.24, 2.45) is 0 Å². The second-order valence-electron chi connectivity index (χ2n) is 8.64. The molecule has 2 heterocycles. The molecule has 0 bridgehead atoms. The molecule has 0 amide bonds. The van der Waals surface area contributed by atoms with Crippen LogP contribution in [0.5, 0.6) is 5.75 Å². The Kier molecular flexibility index (Phi) is 6.53. The second kappa shape index (κ2) is 9.29. The minimum Gasteiger partial charge on any atom is -0.497 e. The summed E-state index contributed by atoms with van der Waals surface area (Å²) < 4.78 is 11.2. The molecule has 2 aromatic carbocycles. The van der Waals surface area contributed by atoms with Gasteiger partial charge in [-0.1, -0.05) is 36.4 Å². The predicted octanol–water partition coefficient (Wildman–Crippen LogP) is 4.44. The third kappa shape index (κ3) is 5.19. The number of nitrogens with zero attached hydrogens (tertiary/aromatic N) is 2. The van der Waals surface area contributed by atoms with Crippen LogP contribution in [0.15, 0.2) is 48.5 Å². The van der Waals surface area contributed by atoms with Gasteiger partial charge in [0, 0.05) is 25.7 Å². The number of piperidine rings is 1. The minimum atomic E-state index is 0.362. The summed E-state index contributed by atoms with van der Waals surface area (Å²) in [5.41, 5.74) is 3.88. The van der Waals surface area contributed by atoms with Crippen molar-refractivity contribution in [2.45, 2.75) is 51.5 Å². The van der Waals surface area contributed by atoms with Crippen molar-refractivity contribution >= 4 is 0 Å². The number of benzene rings is 2. The first kappa shape index (κ1) is 20.4. The van der Waals surface area contributed by atoms with E-state index >= 15 is 0 Å². The van der Waals surface area contributed by atoms with E-state index in [2.05, 4.69) is 60.0 Å². The van der Waals surface area contributed by atoms with Gasteiger partial charge in [0.05, 0.1) is 19.3 Å². The smallest absolute Gasteiger partial charge is 0.118 e. The van der Waals surface area contributed by atoms with Gasteiger partial charge in [-0.15, -0.1) is 0 Å². The molecule has 0 aliphatic carbocycles. The largest absolute Gasteiger partial charge is 0.497 e. The average Bonchev–Trinajstić information content (AvgIpc) is 2.74. The van der Waals surface area contributed by atoms with Gasteiger partial charge in [-0.25, -0.2) is 0 Å². The van der Waals surface area contributed by atoms with Crippen molar-refractivity contribution in [2.75, 3.05) is 33.3 Å². The van der Waals surface area contributed by atoms with Gasteiger partial charge in [-0.2, -0.15) is 0 Å². The summed E-state index contributed by atoms with van der Waals surface area (Å²) in [6.45, 7) is 9.99. The van der Waals surface area contributed by atoms with Crippen molar-refractivity contribution in [1.29, 1.82) is 0 Å². The Balaban J connectivity index is 1.29. The highest BCUT2D eigenvalue weighted by Crippen LogP contribution is 2.25. The molecule has 2 aliphatic heterocycles. The Labute approximate surface area is 175 Å². The number of ether oxygens (including phenoxy) is 2. The monoisotopic (exact) mass is 394 g/mol. The normalized spacial score (nSPS) is 24.5. The van der Waals surface area contributed by atoms with Crippen molar-refractivity contribution in [3.05, 3.63) is 54.1 Å². The second-order valence-corrected chi connectivity index (χ2v) is 8.64. The molecular formula is C25H34N2O2. The highest BCUT2D eigenvalue weighted by Gasteiger charge is 2.30. The maximum absolute atomic E-state index is 5.90. The van der Waals surface area contributed by atoms with Crippen molar-refractivity contribution in [1.82, 2.24) is 9.80 Å². The number of methoxy groups -OCH3 is 1. The summed E-state index contributed by atoms with van der Waals surface area (Å²) in [6.07, 6.45) is 3.26. The lowest BCUT2D eigenvalue weighted by Gasteiger charge is -2.43. The van der Waals surface area contributed by atoms with Crippen LogP contribution in [-0.4, -0.2) is 61.3 Å². The molecule has 0 radical (unpaired) electrons. The summed E-state index contributed by atoms with van der Waals surface area (Å²) >= 11 is 0. The third-order valence-corrected chi connectivity index (χ3v) is 6.30. The molecule has 4 heteroatoms. The minimum absolute atomic E-state index is 0.362. The average molecular weight is 395 g/mol. The Morgan fingerprint density at radius 2 is 1.41 bits per heavy atom. The Morgan fingerprint density at radius 1 is 0.862 bits per heavy atom. The van der Waals surface area contributed by atoms with Crippen LogP contribution in [0.25, 0.3) is 11.1 Å². The van der Waals surface area contributed by atoms with Crippen LogP contribution >= 0.6 is 0 Å². The predicted molar refractivity (Wildman–Crippen MR) is 118 cm³/mol. The van der Waals surface area contributed by atoms with E-state index in [4.69, 9.17) is 9.47 Å². The highest BCUT2D eigenvalue weighted by molar-refractivity contribution is 5.64. The van der Waals surface area contributed by atoms with E-state index in [1.807, 2.05) is 12.1 Å². The molecule has 2 fully saturated rings. The van der Waals surface area contributed by atoms with Crippen LogP contribution in [0.1, 0.15) is 32.3 Å². The lowest BCUT2D eigenvalue weighted by atomic mass is 10.00. The zero-order valence-corrected chi connectivity index (χ0v) is 18.0. The van der Waals surface area contributed by atoms with Gasteiger partial charge in [0.2, 0.25) is 0 Å². The molecule has 29 heavy (non-hydrogen) atoms. The van der Waals surface area contributed by atoms with E-state index in [1.54, 1.807) is 7.11 Å². The summed E-state index contributed by atoms with van der Waals surface area (Å²) in [6, 6.07) is 18.0. The fraction of sp³-hybridized carbons (Fsp3) is 0.520. The fourth-order valence-corrected chi connectivity index (χ4v) is 4.80. The molecule has 2 unspecified atom stereocenters. The quantitative estimate of drug-likeness (QED) is 0.749. The lowest BCUT2D eigenvalue weighted by Crippen LogP contribution is -2.53. The molecule has 2 aromatic rings. The zero-order valence-electron chi connectivity index (χ0n) is 18.0. The maximum Gasteiger partial charge on any atom is 0.118 e. The fourth-order valence-electron chi connectivity index (χ4n) is 4.80. The first-order valence-corrected chi connectivity index (χ1v) is 11.0. The molecule has 4 nitrogen and oxygen atoms in total. The molecular weight excluding hydrogens is 360 g/mol. The number of rotatable bonds is 5. The Morgan fingerprint density at radius 3 is 1.97 bits per heavy atom. The van der Waals surface area contributed by atoms with Gasteiger partial charge in [0.1, 0.15) is 5.75 Å². The first-order valence-electron chi connectivity index (χ1n) is 11.0. The van der Waals surface area contributed by atoms with Crippen LogP contribution in [0.3, 0.4) is 0 Å². The lowest BCUT2D eigenvalue weighted by molar-refractivity contribution is -0.0865. The molecule has 4 rings (SSSR count). The van der Waals surface area contributed by atoms with Crippen molar-refractivity contribution in [3.8, 4) is 16.9 Å². The van der Waals surface area contributed by atoms with Crippen LogP contribution in [0, 0.1) is 0 Å². The highest BCUT2D eigenvalue weighted by atomic mass is 16.5. The SMILES string of the molecule is COc1ccc(-c2ccc(CN3CCC(N4CC(C)OC(C)C4)CC3)cc2)cc1.